The van der Waals surface area contributed by atoms with E-state index >= 15 is 0 Å². The summed E-state index contributed by atoms with van der Waals surface area (Å²) in [6.07, 6.45) is -1.73. The summed E-state index contributed by atoms with van der Waals surface area (Å²) in [4.78, 5) is 27.6. The molecule has 1 aliphatic rings. The zero-order chi connectivity index (χ0) is 20.5. The average Bonchev–Trinajstić information content (AvgIpc) is 3.30. The van der Waals surface area contributed by atoms with Gasteiger partial charge in [0.25, 0.3) is 5.91 Å². The predicted octanol–water partition coefficient (Wildman–Crippen LogP) is 2.39. The number of rotatable bonds is 3. The van der Waals surface area contributed by atoms with E-state index in [1.54, 1.807) is 14.1 Å². The number of urea groups is 1. The van der Waals surface area contributed by atoms with E-state index in [1.807, 2.05) is 0 Å². The summed E-state index contributed by atoms with van der Waals surface area (Å²) >= 11 is 0.268. The third-order valence-corrected chi connectivity index (χ3v) is 5.19. The van der Waals surface area contributed by atoms with E-state index in [-0.39, 0.29) is 28.3 Å². The van der Waals surface area contributed by atoms with Crippen molar-refractivity contribution in [1.29, 1.82) is 0 Å². The Hall–Kier alpha value is -2.70. The molecule has 0 bridgehead atoms. The van der Waals surface area contributed by atoms with Gasteiger partial charge in [-0.2, -0.15) is 18.3 Å². The largest absolute Gasteiger partial charge is 0.445 e. The minimum absolute atomic E-state index is 0.138. The maximum absolute atomic E-state index is 12.6. The van der Waals surface area contributed by atoms with E-state index in [9.17, 15) is 22.8 Å². The number of halogens is 3. The Morgan fingerprint density at radius 1 is 1.36 bits per heavy atom. The molecule has 9 nitrogen and oxygen atoms in total. The third kappa shape index (κ3) is 4.24. The minimum atomic E-state index is -4.60. The monoisotopic (exact) mass is 417 g/mol. The van der Waals surface area contributed by atoms with Gasteiger partial charge < -0.3 is 9.80 Å². The van der Waals surface area contributed by atoms with E-state index in [2.05, 4.69) is 25.7 Å². The number of carbonyl (C=O) groups is 2. The second-order valence-electron chi connectivity index (χ2n) is 6.52. The number of piperidine rings is 1. The Labute approximate surface area is 161 Å². The Kier molecular flexibility index (Phi) is 5.54. The van der Waals surface area contributed by atoms with Crippen molar-refractivity contribution < 1.29 is 22.8 Å². The highest BCUT2D eigenvalue weighted by atomic mass is 32.1. The van der Waals surface area contributed by atoms with Gasteiger partial charge in [-0.25, -0.2) is 4.79 Å². The first-order chi connectivity index (χ1) is 13.2. The molecule has 152 valence electrons. The van der Waals surface area contributed by atoms with Crippen molar-refractivity contribution in [1.82, 2.24) is 30.2 Å². The molecule has 2 N–H and O–H groups in total. The number of nitrogens with one attached hydrogen (secondary N) is 2. The molecule has 0 unspecified atom stereocenters. The van der Waals surface area contributed by atoms with Crippen molar-refractivity contribution in [2.45, 2.75) is 24.9 Å². The van der Waals surface area contributed by atoms with E-state index in [0.29, 0.717) is 30.8 Å². The molecule has 0 aromatic carbocycles. The number of alkyl halides is 3. The van der Waals surface area contributed by atoms with Crippen molar-refractivity contribution in [2.24, 2.45) is 0 Å². The number of hydrogen-bond acceptors (Lipinski definition) is 6. The molecular formula is C15H18F3N7O2S. The molecule has 2 aromatic rings. The van der Waals surface area contributed by atoms with Gasteiger partial charge >= 0.3 is 12.2 Å². The third-order valence-electron chi connectivity index (χ3n) is 4.30. The number of aromatic amines is 1. The van der Waals surface area contributed by atoms with Crippen LogP contribution in [0.4, 0.5) is 23.1 Å². The van der Waals surface area contributed by atoms with Gasteiger partial charge in [-0.05, 0) is 12.8 Å². The number of aromatic nitrogens is 4. The quantitative estimate of drug-likeness (QED) is 0.798. The Morgan fingerprint density at radius 2 is 2.11 bits per heavy atom. The van der Waals surface area contributed by atoms with E-state index in [4.69, 9.17) is 0 Å². The van der Waals surface area contributed by atoms with Gasteiger partial charge in [0.15, 0.2) is 0 Å². The molecule has 1 aliphatic heterocycles. The summed E-state index contributed by atoms with van der Waals surface area (Å²) in [7, 11) is 3.27. The molecule has 0 saturated carbocycles. The maximum Gasteiger partial charge on any atom is 0.445 e. The highest BCUT2D eigenvalue weighted by Gasteiger charge is 2.36. The van der Waals surface area contributed by atoms with Gasteiger partial charge in [0.1, 0.15) is 0 Å². The minimum Gasteiger partial charge on any atom is -0.345 e. The molecule has 2 aromatic heterocycles. The normalized spacial score (nSPS) is 17.5. The lowest BCUT2D eigenvalue weighted by molar-refractivity contribution is -0.138. The SMILES string of the molecule is CN(C)C(=O)c1cn[nH]c1[C@H]1CCCN(C(=O)Nc2nnc(C(F)(F)F)s2)C1. The Balaban J connectivity index is 1.68. The maximum atomic E-state index is 12.6. The second kappa shape index (κ2) is 7.73. The molecule has 3 heterocycles. The van der Waals surface area contributed by atoms with Gasteiger partial charge in [-0.3, -0.25) is 15.2 Å². The molecule has 13 heteroatoms. The number of amides is 3. The second-order valence-corrected chi connectivity index (χ2v) is 7.50. The van der Waals surface area contributed by atoms with Crippen LogP contribution in [0.5, 0.6) is 0 Å². The summed E-state index contributed by atoms with van der Waals surface area (Å²) in [6.45, 7) is 0.741. The Bertz CT molecular complexity index is 864. The van der Waals surface area contributed by atoms with Gasteiger partial charge in [-0.15, -0.1) is 10.2 Å². The van der Waals surface area contributed by atoms with Gasteiger partial charge in [0.05, 0.1) is 17.5 Å². The first-order valence-electron chi connectivity index (χ1n) is 8.38. The molecule has 1 saturated heterocycles. The molecule has 1 atom stereocenters. The molecule has 3 rings (SSSR count). The first-order valence-corrected chi connectivity index (χ1v) is 9.20. The summed E-state index contributed by atoms with van der Waals surface area (Å²) in [6, 6.07) is -0.561. The van der Waals surface area contributed by atoms with E-state index < -0.39 is 17.2 Å². The van der Waals surface area contributed by atoms with Crippen molar-refractivity contribution in [2.75, 3.05) is 32.5 Å². The van der Waals surface area contributed by atoms with Crippen molar-refractivity contribution >= 4 is 28.4 Å². The van der Waals surface area contributed by atoms with Crippen LogP contribution in [0.25, 0.3) is 0 Å². The fourth-order valence-corrected chi connectivity index (χ4v) is 3.58. The molecule has 1 fully saturated rings. The van der Waals surface area contributed by atoms with Crippen LogP contribution in [0, 0.1) is 0 Å². The van der Waals surface area contributed by atoms with Crippen LogP contribution in [0.15, 0.2) is 6.20 Å². The van der Waals surface area contributed by atoms with E-state index in [0.717, 1.165) is 6.42 Å². The van der Waals surface area contributed by atoms with Crippen LogP contribution in [-0.2, 0) is 6.18 Å². The summed E-state index contributed by atoms with van der Waals surface area (Å²) < 4.78 is 37.8. The number of nitrogens with zero attached hydrogens (tertiary/aromatic N) is 5. The zero-order valence-corrected chi connectivity index (χ0v) is 15.9. The lowest BCUT2D eigenvalue weighted by Gasteiger charge is -2.32. The smallest absolute Gasteiger partial charge is 0.345 e. The summed E-state index contributed by atoms with van der Waals surface area (Å²) in [5, 5.41) is 14.2. The van der Waals surface area contributed by atoms with Gasteiger partial charge in [0, 0.05) is 33.1 Å². The van der Waals surface area contributed by atoms with Crippen molar-refractivity contribution in [3.63, 3.8) is 0 Å². The van der Waals surface area contributed by atoms with Crippen molar-refractivity contribution in [3.05, 3.63) is 22.5 Å². The van der Waals surface area contributed by atoms with Crippen molar-refractivity contribution in [3.8, 4) is 0 Å². The lowest BCUT2D eigenvalue weighted by Crippen LogP contribution is -2.42. The fraction of sp³-hybridized carbons (Fsp3) is 0.533. The fourth-order valence-electron chi connectivity index (χ4n) is 2.97. The molecule has 3 amide bonds. The van der Waals surface area contributed by atoms with Crippen LogP contribution in [0.2, 0.25) is 0 Å². The highest BCUT2D eigenvalue weighted by Crippen LogP contribution is 2.33. The Morgan fingerprint density at radius 3 is 2.75 bits per heavy atom. The standard InChI is InChI=1S/C15H18F3N7O2S/c1-24(2)11(26)9-6-19-21-10(9)8-4-3-5-25(7-8)14(27)20-13-23-22-12(28-13)15(16,17)18/h6,8H,3-5,7H2,1-2H3,(H,19,21)(H,20,23,27)/t8-/m0/s1. The summed E-state index contributed by atoms with van der Waals surface area (Å²) in [5.41, 5.74) is 1.09. The summed E-state index contributed by atoms with van der Waals surface area (Å²) in [5.74, 6) is -0.333. The van der Waals surface area contributed by atoms with Crippen LogP contribution < -0.4 is 5.32 Å². The van der Waals surface area contributed by atoms with Gasteiger partial charge in [-0.1, -0.05) is 11.3 Å². The molecule has 0 aliphatic carbocycles. The number of likely N-dealkylation sites (tertiary alicyclic amines) is 1. The first kappa shape index (κ1) is 20.0. The van der Waals surface area contributed by atoms with Crippen LogP contribution in [0.3, 0.4) is 0 Å². The zero-order valence-electron chi connectivity index (χ0n) is 15.1. The van der Waals surface area contributed by atoms with Crippen LogP contribution in [0.1, 0.15) is 39.8 Å². The number of hydrogen-bond donors (Lipinski definition) is 2. The topological polar surface area (TPSA) is 107 Å². The lowest BCUT2D eigenvalue weighted by atomic mass is 9.92. The van der Waals surface area contributed by atoms with Crippen LogP contribution in [-0.4, -0.2) is 69.3 Å². The molecule has 0 radical (unpaired) electrons. The van der Waals surface area contributed by atoms with Gasteiger partial charge in [0.2, 0.25) is 10.1 Å². The van der Waals surface area contributed by atoms with E-state index in [1.165, 1.54) is 16.0 Å². The molecule has 28 heavy (non-hydrogen) atoms. The number of H-pyrrole nitrogens is 1. The van der Waals surface area contributed by atoms with Crippen LogP contribution >= 0.6 is 11.3 Å². The molecular weight excluding hydrogens is 399 g/mol. The predicted molar refractivity (Wildman–Crippen MR) is 94.1 cm³/mol. The highest BCUT2D eigenvalue weighted by molar-refractivity contribution is 7.15. The number of anilines is 1. The average molecular weight is 417 g/mol. The number of carbonyl (C=O) groups excluding carboxylic acids is 2. The molecule has 0 spiro atoms.